The quantitative estimate of drug-likeness (QED) is 0.666. The molecule has 3 heteroatoms. The zero-order chi connectivity index (χ0) is 11.3. The highest BCUT2D eigenvalue weighted by Gasteiger charge is 2.45. The van der Waals surface area contributed by atoms with Crippen LogP contribution in [0.3, 0.4) is 0 Å². The van der Waals surface area contributed by atoms with Crippen LogP contribution in [0.15, 0.2) is 11.9 Å². The van der Waals surface area contributed by atoms with Crippen molar-refractivity contribution in [1.82, 2.24) is 4.90 Å². The number of likely N-dealkylation sites (tertiary alicyclic amines) is 1. The standard InChI is InChI=1S/C10H16FNO.C2H6/c1-2-12-4-3-9(5-11)10(6-12)7-13-8-10;1-2/h5H,2-4,6-8H2,1H3;1-2H3/b9-5+;. The largest absolute Gasteiger partial charge is 0.379 e. The van der Waals surface area contributed by atoms with Crippen LogP contribution in [0.1, 0.15) is 27.2 Å². The maximum Gasteiger partial charge on any atom is 0.0867 e. The van der Waals surface area contributed by atoms with Gasteiger partial charge in [-0.2, -0.15) is 0 Å². The SMILES string of the molecule is CC.CCN1CC/C(=C\F)C2(COC2)C1. The topological polar surface area (TPSA) is 12.5 Å². The Hall–Kier alpha value is -0.410. The Bertz CT molecular complexity index is 224. The molecule has 2 heterocycles. The molecule has 2 nitrogen and oxygen atoms in total. The van der Waals surface area contributed by atoms with Gasteiger partial charge < -0.3 is 9.64 Å². The van der Waals surface area contributed by atoms with Gasteiger partial charge in [0.15, 0.2) is 0 Å². The second-order valence-electron chi connectivity index (χ2n) is 4.03. The van der Waals surface area contributed by atoms with Crippen LogP contribution in [0.2, 0.25) is 0 Å². The molecule has 0 unspecified atom stereocenters. The average molecular weight is 215 g/mol. The van der Waals surface area contributed by atoms with Gasteiger partial charge in [-0.25, -0.2) is 4.39 Å². The number of ether oxygens (including phenoxy) is 1. The van der Waals surface area contributed by atoms with Gasteiger partial charge in [-0.05, 0) is 18.5 Å². The van der Waals surface area contributed by atoms with Crippen molar-refractivity contribution < 1.29 is 9.13 Å². The first-order chi connectivity index (χ1) is 7.30. The lowest BCUT2D eigenvalue weighted by Gasteiger charge is -2.49. The van der Waals surface area contributed by atoms with E-state index in [-0.39, 0.29) is 5.41 Å². The Balaban J connectivity index is 0.000000531. The van der Waals surface area contributed by atoms with Crippen molar-refractivity contribution in [3.05, 3.63) is 11.9 Å². The van der Waals surface area contributed by atoms with Crippen molar-refractivity contribution in [2.24, 2.45) is 5.41 Å². The minimum Gasteiger partial charge on any atom is -0.379 e. The number of rotatable bonds is 1. The molecule has 0 N–H and O–H groups in total. The van der Waals surface area contributed by atoms with E-state index in [4.69, 9.17) is 4.74 Å². The van der Waals surface area contributed by atoms with Gasteiger partial charge >= 0.3 is 0 Å². The molecule has 0 amide bonds. The molecule has 2 fully saturated rings. The van der Waals surface area contributed by atoms with Gasteiger partial charge in [-0.15, -0.1) is 0 Å². The molecule has 0 bridgehead atoms. The summed E-state index contributed by atoms with van der Waals surface area (Å²) in [4.78, 5) is 2.37. The first-order valence-electron chi connectivity index (χ1n) is 5.90. The van der Waals surface area contributed by atoms with Crippen molar-refractivity contribution >= 4 is 0 Å². The summed E-state index contributed by atoms with van der Waals surface area (Å²) in [6.07, 6.45) is 1.67. The Morgan fingerprint density at radius 1 is 1.47 bits per heavy atom. The minimum atomic E-state index is 0.0308. The van der Waals surface area contributed by atoms with E-state index in [2.05, 4.69) is 11.8 Å². The van der Waals surface area contributed by atoms with Crippen molar-refractivity contribution in [2.45, 2.75) is 27.2 Å². The van der Waals surface area contributed by atoms with Crippen LogP contribution in [-0.4, -0.2) is 37.7 Å². The number of halogens is 1. The fraction of sp³-hybridized carbons (Fsp3) is 0.833. The average Bonchev–Trinajstić information content (AvgIpc) is 2.28. The highest BCUT2D eigenvalue weighted by molar-refractivity contribution is 5.20. The highest BCUT2D eigenvalue weighted by atomic mass is 19.1. The molecule has 0 aromatic carbocycles. The predicted molar refractivity (Wildman–Crippen MR) is 60.5 cm³/mol. The molecule has 2 saturated heterocycles. The van der Waals surface area contributed by atoms with Gasteiger partial charge in [-0.1, -0.05) is 20.8 Å². The Morgan fingerprint density at radius 3 is 2.53 bits per heavy atom. The monoisotopic (exact) mass is 215 g/mol. The first kappa shape index (κ1) is 12.7. The molecule has 0 radical (unpaired) electrons. The predicted octanol–water partition coefficient (Wildman–Crippen LogP) is 2.61. The molecule has 0 atom stereocenters. The molecule has 0 aliphatic carbocycles. The molecule has 0 saturated carbocycles. The summed E-state index contributed by atoms with van der Waals surface area (Å²) in [5, 5.41) is 0. The zero-order valence-corrected chi connectivity index (χ0v) is 10.1. The van der Waals surface area contributed by atoms with E-state index < -0.39 is 0 Å². The summed E-state index contributed by atoms with van der Waals surface area (Å²) in [6.45, 7) is 10.6. The normalized spacial score (nSPS) is 27.1. The first-order valence-corrected chi connectivity index (χ1v) is 5.90. The number of hydrogen-bond acceptors (Lipinski definition) is 2. The summed E-state index contributed by atoms with van der Waals surface area (Å²) in [5.41, 5.74) is 0.992. The number of hydrogen-bond donors (Lipinski definition) is 0. The molecule has 2 aliphatic rings. The Morgan fingerprint density at radius 2 is 2.13 bits per heavy atom. The lowest BCUT2D eigenvalue weighted by atomic mass is 9.74. The van der Waals surface area contributed by atoms with Crippen LogP contribution in [0.5, 0.6) is 0 Å². The maximum absolute atomic E-state index is 12.6. The van der Waals surface area contributed by atoms with Crippen LogP contribution in [-0.2, 0) is 4.74 Å². The maximum atomic E-state index is 12.6. The van der Waals surface area contributed by atoms with E-state index in [1.54, 1.807) is 0 Å². The van der Waals surface area contributed by atoms with E-state index in [0.717, 1.165) is 38.0 Å². The third kappa shape index (κ3) is 2.40. The van der Waals surface area contributed by atoms with E-state index in [1.807, 2.05) is 13.8 Å². The third-order valence-electron chi connectivity index (χ3n) is 3.24. The molecule has 2 rings (SSSR count). The molecule has 15 heavy (non-hydrogen) atoms. The van der Waals surface area contributed by atoms with E-state index in [1.165, 1.54) is 0 Å². The third-order valence-corrected chi connectivity index (χ3v) is 3.24. The number of piperidine rings is 1. The van der Waals surface area contributed by atoms with E-state index >= 15 is 0 Å². The molecule has 0 aromatic heterocycles. The summed E-state index contributed by atoms with van der Waals surface area (Å²) in [6, 6.07) is 0. The van der Waals surface area contributed by atoms with Gasteiger partial charge in [0, 0.05) is 13.1 Å². The van der Waals surface area contributed by atoms with Gasteiger partial charge in [0.25, 0.3) is 0 Å². The number of nitrogens with zero attached hydrogens (tertiary/aromatic N) is 1. The van der Waals surface area contributed by atoms with Gasteiger partial charge in [-0.3, -0.25) is 0 Å². The smallest absolute Gasteiger partial charge is 0.0867 e. The summed E-state index contributed by atoms with van der Waals surface area (Å²) in [7, 11) is 0. The van der Waals surface area contributed by atoms with Crippen LogP contribution in [0.4, 0.5) is 4.39 Å². The van der Waals surface area contributed by atoms with Crippen molar-refractivity contribution in [1.29, 1.82) is 0 Å². The Labute approximate surface area is 92.1 Å². The summed E-state index contributed by atoms with van der Waals surface area (Å²) < 4.78 is 17.8. The zero-order valence-electron chi connectivity index (χ0n) is 10.1. The van der Waals surface area contributed by atoms with Crippen LogP contribution in [0.25, 0.3) is 0 Å². The van der Waals surface area contributed by atoms with Crippen molar-refractivity contribution in [3.63, 3.8) is 0 Å². The lowest BCUT2D eigenvalue weighted by Crippen LogP contribution is -2.55. The Kier molecular flexibility index (Phi) is 4.74. The van der Waals surface area contributed by atoms with Crippen LogP contribution >= 0.6 is 0 Å². The van der Waals surface area contributed by atoms with Crippen LogP contribution in [0, 0.1) is 5.41 Å². The second kappa shape index (κ2) is 5.61. The molecular weight excluding hydrogens is 193 g/mol. The van der Waals surface area contributed by atoms with Gasteiger partial charge in [0.05, 0.1) is 25.0 Å². The summed E-state index contributed by atoms with van der Waals surface area (Å²) >= 11 is 0. The fourth-order valence-corrected chi connectivity index (χ4v) is 2.22. The lowest BCUT2D eigenvalue weighted by molar-refractivity contribution is -0.114. The van der Waals surface area contributed by atoms with Gasteiger partial charge in [0.1, 0.15) is 0 Å². The minimum absolute atomic E-state index is 0.0308. The van der Waals surface area contributed by atoms with Crippen molar-refractivity contribution in [3.8, 4) is 0 Å². The summed E-state index contributed by atoms with van der Waals surface area (Å²) in [5.74, 6) is 0. The van der Waals surface area contributed by atoms with E-state index in [9.17, 15) is 4.39 Å². The van der Waals surface area contributed by atoms with Crippen molar-refractivity contribution in [2.75, 3.05) is 32.8 Å². The van der Waals surface area contributed by atoms with Crippen LogP contribution < -0.4 is 0 Å². The molecular formula is C12H22FNO. The molecule has 1 spiro atoms. The molecule has 0 aromatic rings. The molecule has 88 valence electrons. The van der Waals surface area contributed by atoms with E-state index in [0.29, 0.717) is 13.2 Å². The molecule has 2 aliphatic heterocycles. The highest BCUT2D eigenvalue weighted by Crippen LogP contribution is 2.41. The second-order valence-corrected chi connectivity index (χ2v) is 4.03. The fourth-order valence-electron chi connectivity index (χ4n) is 2.22. The van der Waals surface area contributed by atoms with Gasteiger partial charge in [0.2, 0.25) is 0 Å².